The van der Waals surface area contributed by atoms with Gasteiger partial charge in [-0.3, -0.25) is 0 Å². The molecule has 0 fully saturated rings. The van der Waals surface area contributed by atoms with Crippen LogP contribution in [0.1, 0.15) is 11.3 Å². The summed E-state index contributed by atoms with van der Waals surface area (Å²) in [7, 11) is 3.03. The van der Waals surface area contributed by atoms with E-state index in [-0.39, 0.29) is 13.0 Å². The quantitative estimate of drug-likeness (QED) is 0.629. The van der Waals surface area contributed by atoms with Crippen LogP contribution < -0.4 is 14.8 Å². The van der Waals surface area contributed by atoms with Crippen molar-refractivity contribution in [1.82, 2.24) is 9.88 Å². The normalized spacial score (nSPS) is 15.7. The Morgan fingerprint density at radius 2 is 1.90 bits per heavy atom. The molecule has 1 aliphatic heterocycles. The van der Waals surface area contributed by atoms with Gasteiger partial charge in [0.25, 0.3) is 0 Å². The van der Waals surface area contributed by atoms with Crippen LogP contribution in [0.3, 0.4) is 0 Å². The Bertz CT molecular complexity index is 1090. The van der Waals surface area contributed by atoms with Gasteiger partial charge in [-0.25, -0.2) is 9.59 Å². The number of benzene rings is 2. The van der Waals surface area contributed by atoms with Crippen molar-refractivity contribution >= 4 is 28.6 Å². The molecule has 2 heterocycles. The third-order valence-electron chi connectivity index (χ3n) is 5.18. The second kappa shape index (κ2) is 7.38. The zero-order valence-corrected chi connectivity index (χ0v) is 16.1. The Kier molecular flexibility index (Phi) is 4.75. The van der Waals surface area contributed by atoms with Gasteiger partial charge in [-0.05, 0) is 23.8 Å². The molecule has 3 N–H and O–H groups in total. The molecule has 29 heavy (non-hydrogen) atoms. The standard InChI is InChI=1S/C21H21N3O5/c1-28-18-8-7-12(9-19(18)29-2)22-21(27)24-11-16-14(10-17(24)20(25)26)13-5-3-4-6-15(13)23-16/h3-9,17,23H,10-11H2,1-2H3,(H,22,27)(H,25,26). The van der Waals surface area contributed by atoms with Gasteiger partial charge in [0.2, 0.25) is 0 Å². The van der Waals surface area contributed by atoms with Crippen molar-refractivity contribution in [1.29, 1.82) is 0 Å². The van der Waals surface area contributed by atoms with E-state index in [2.05, 4.69) is 10.3 Å². The third kappa shape index (κ3) is 3.33. The fourth-order valence-electron chi connectivity index (χ4n) is 3.75. The van der Waals surface area contributed by atoms with E-state index < -0.39 is 18.0 Å². The minimum Gasteiger partial charge on any atom is -0.493 e. The number of aliphatic carboxylic acids is 1. The van der Waals surface area contributed by atoms with E-state index in [9.17, 15) is 14.7 Å². The smallest absolute Gasteiger partial charge is 0.326 e. The molecule has 1 aromatic heterocycles. The molecule has 3 aromatic rings. The van der Waals surface area contributed by atoms with Crippen molar-refractivity contribution in [2.75, 3.05) is 19.5 Å². The fourth-order valence-corrected chi connectivity index (χ4v) is 3.75. The van der Waals surface area contributed by atoms with Gasteiger partial charge in [-0.2, -0.15) is 0 Å². The number of carbonyl (C=O) groups excluding carboxylic acids is 1. The number of H-pyrrole nitrogens is 1. The number of para-hydroxylation sites is 1. The molecule has 1 unspecified atom stereocenters. The van der Waals surface area contributed by atoms with Crippen molar-refractivity contribution in [3.8, 4) is 11.5 Å². The second-order valence-electron chi connectivity index (χ2n) is 6.81. The molecule has 4 rings (SSSR count). The number of amides is 2. The molecule has 1 atom stereocenters. The maximum atomic E-state index is 12.9. The molecule has 150 valence electrons. The van der Waals surface area contributed by atoms with Crippen LogP contribution >= 0.6 is 0 Å². The van der Waals surface area contributed by atoms with Gasteiger partial charge in [-0.1, -0.05) is 18.2 Å². The number of methoxy groups -OCH3 is 2. The van der Waals surface area contributed by atoms with Gasteiger partial charge < -0.3 is 29.8 Å². The number of ether oxygens (including phenoxy) is 2. The number of carboxylic acids is 1. The van der Waals surface area contributed by atoms with E-state index >= 15 is 0 Å². The van der Waals surface area contributed by atoms with Crippen molar-refractivity contribution in [3.05, 3.63) is 53.7 Å². The van der Waals surface area contributed by atoms with Crippen LogP contribution in [0.5, 0.6) is 11.5 Å². The Hall–Kier alpha value is -3.68. The summed E-state index contributed by atoms with van der Waals surface area (Å²) < 4.78 is 10.5. The Balaban J connectivity index is 1.62. The first-order chi connectivity index (χ1) is 14.0. The van der Waals surface area contributed by atoms with Gasteiger partial charge >= 0.3 is 12.0 Å². The van der Waals surface area contributed by atoms with Crippen molar-refractivity contribution in [3.63, 3.8) is 0 Å². The molecule has 0 bridgehead atoms. The topological polar surface area (TPSA) is 104 Å². The molecule has 2 aromatic carbocycles. The lowest BCUT2D eigenvalue weighted by molar-refractivity contribution is -0.142. The molecule has 1 aliphatic rings. The van der Waals surface area contributed by atoms with E-state index in [0.717, 1.165) is 22.2 Å². The van der Waals surface area contributed by atoms with Gasteiger partial charge in [0.1, 0.15) is 6.04 Å². The minimum absolute atomic E-state index is 0.181. The number of carbonyl (C=O) groups is 2. The summed E-state index contributed by atoms with van der Waals surface area (Å²) >= 11 is 0. The Morgan fingerprint density at radius 3 is 2.62 bits per heavy atom. The molecule has 8 nitrogen and oxygen atoms in total. The second-order valence-corrected chi connectivity index (χ2v) is 6.81. The van der Waals surface area contributed by atoms with Crippen molar-refractivity contribution in [2.45, 2.75) is 19.0 Å². The van der Waals surface area contributed by atoms with E-state index in [1.807, 2.05) is 24.3 Å². The number of hydrogen-bond donors (Lipinski definition) is 3. The van der Waals surface area contributed by atoms with Crippen LogP contribution in [0.15, 0.2) is 42.5 Å². The summed E-state index contributed by atoms with van der Waals surface area (Å²) in [6, 6.07) is 11.3. The van der Waals surface area contributed by atoms with Crippen molar-refractivity contribution in [2.24, 2.45) is 0 Å². The fraction of sp³-hybridized carbons (Fsp3) is 0.238. The molecule has 2 amide bonds. The predicted molar refractivity (Wildman–Crippen MR) is 108 cm³/mol. The zero-order chi connectivity index (χ0) is 20.5. The number of carboxylic acid groups (broad SMARTS) is 1. The summed E-state index contributed by atoms with van der Waals surface area (Å²) in [6.07, 6.45) is 0.244. The third-order valence-corrected chi connectivity index (χ3v) is 5.18. The highest BCUT2D eigenvalue weighted by Crippen LogP contribution is 2.32. The molecule has 0 radical (unpaired) electrons. The lowest BCUT2D eigenvalue weighted by atomic mass is 9.97. The number of fused-ring (bicyclic) bond motifs is 3. The van der Waals surface area contributed by atoms with Crippen LogP contribution in [-0.2, 0) is 17.8 Å². The Morgan fingerprint density at radius 1 is 1.14 bits per heavy atom. The molecular formula is C21H21N3O5. The predicted octanol–water partition coefficient (Wildman–Crippen LogP) is 3.23. The van der Waals surface area contributed by atoms with Gasteiger partial charge in [0.05, 0.1) is 20.8 Å². The highest BCUT2D eigenvalue weighted by Gasteiger charge is 2.36. The first-order valence-electron chi connectivity index (χ1n) is 9.12. The summed E-state index contributed by atoms with van der Waals surface area (Å²) in [6.45, 7) is 0.181. The van der Waals surface area contributed by atoms with Gasteiger partial charge in [0.15, 0.2) is 11.5 Å². The Labute approximate surface area is 167 Å². The number of nitrogens with zero attached hydrogens (tertiary/aromatic N) is 1. The summed E-state index contributed by atoms with van der Waals surface area (Å²) in [4.78, 5) is 29.5. The molecule has 0 saturated heterocycles. The number of urea groups is 1. The SMILES string of the molecule is COc1ccc(NC(=O)N2Cc3[nH]c4ccccc4c3CC2C(=O)O)cc1OC. The number of hydrogen-bond acceptors (Lipinski definition) is 4. The summed E-state index contributed by atoms with van der Waals surface area (Å²) in [5.74, 6) is -0.0328. The van der Waals surface area contributed by atoms with Crippen molar-refractivity contribution < 1.29 is 24.2 Å². The first-order valence-corrected chi connectivity index (χ1v) is 9.12. The zero-order valence-electron chi connectivity index (χ0n) is 16.1. The summed E-state index contributed by atoms with van der Waals surface area (Å²) in [5, 5.41) is 13.5. The van der Waals surface area contributed by atoms with Gasteiger partial charge in [0, 0.05) is 34.8 Å². The van der Waals surface area contributed by atoms with E-state index in [1.165, 1.54) is 19.1 Å². The molecular weight excluding hydrogens is 374 g/mol. The largest absolute Gasteiger partial charge is 0.493 e. The molecule has 0 saturated carbocycles. The number of aromatic nitrogens is 1. The van der Waals surface area contributed by atoms with Crippen LogP contribution in [0.25, 0.3) is 10.9 Å². The highest BCUT2D eigenvalue weighted by atomic mass is 16.5. The highest BCUT2D eigenvalue weighted by molar-refractivity contribution is 5.94. The molecule has 0 aliphatic carbocycles. The molecule has 0 spiro atoms. The van der Waals surface area contributed by atoms with Gasteiger partial charge in [-0.15, -0.1) is 0 Å². The number of rotatable bonds is 4. The van der Waals surface area contributed by atoms with Crippen LogP contribution in [0, 0.1) is 0 Å². The van der Waals surface area contributed by atoms with E-state index in [1.54, 1.807) is 18.2 Å². The van der Waals surface area contributed by atoms with E-state index in [4.69, 9.17) is 9.47 Å². The molecule has 8 heteroatoms. The maximum absolute atomic E-state index is 12.9. The van der Waals surface area contributed by atoms with E-state index in [0.29, 0.717) is 17.2 Å². The summed E-state index contributed by atoms with van der Waals surface area (Å²) in [5.41, 5.74) is 3.22. The monoisotopic (exact) mass is 395 g/mol. The average Bonchev–Trinajstić information content (AvgIpc) is 3.10. The number of nitrogens with one attached hydrogen (secondary N) is 2. The average molecular weight is 395 g/mol. The first kappa shape index (κ1) is 18.7. The van der Waals surface area contributed by atoms with Crippen LogP contribution in [0.2, 0.25) is 0 Å². The lowest BCUT2D eigenvalue weighted by Crippen LogP contribution is -2.50. The van der Waals surface area contributed by atoms with Crippen LogP contribution in [0.4, 0.5) is 10.5 Å². The lowest BCUT2D eigenvalue weighted by Gasteiger charge is -2.33. The maximum Gasteiger partial charge on any atom is 0.326 e. The minimum atomic E-state index is -1.04. The number of anilines is 1. The van der Waals surface area contributed by atoms with Crippen LogP contribution in [-0.4, -0.2) is 47.3 Å². The number of aromatic amines is 1.